The van der Waals surface area contributed by atoms with Crippen LogP contribution < -0.4 is 5.73 Å². The van der Waals surface area contributed by atoms with Crippen molar-refractivity contribution in [2.75, 3.05) is 5.73 Å². The molecule has 0 aliphatic heterocycles. The molecule has 82 valence electrons. The van der Waals surface area contributed by atoms with Gasteiger partial charge in [0.1, 0.15) is 23.2 Å². The Morgan fingerprint density at radius 1 is 1.19 bits per heavy atom. The second kappa shape index (κ2) is 3.80. The van der Waals surface area contributed by atoms with E-state index in [1.165, 1.54) is 0 Å². The molecule has 4 nitrogen and oxygen atoms in total. The van der Waals surface area contributed by atoms with Gasteiger partial charge in [-0.25, -0.2) is 13.8 Å². The quantitative estimate of drug-likeness (QED) is 0.797. The number of aromatic nitrogens is 3. The van der Waals surface area contributed by atoms with Gasteiger partial charge < -0.3 is 5.73 Å². The van der Waals surface area contributed by atoms with Crippen LogP contribution in [0.5, 0.6) is 0 Å². The van der Waals surface area contributed by atoms with Gasteiger partial charge in [-0.3, -0.25) is 0 Å². The summed E-state index contributed by atoms with van der Waals surface area (Å²) in [6.07, 6.45) is 0. The van der Waals surface area contributed by atoms with Gasteiger partial charge in [-0.15, -0.1) is 10.2 Å². The van der Waals surface area contributed by atoms with Gasteiger partial charge in [0, 0.05) is 5.56 Å². The number of rotatable bonds is 1. The predicted octanol–water partition coefficient (Wildman–Crippen LogP) is 1.71. The summed E-state index contributed by atoms with van der Waals surface area (Å²) >= 11 is 0. The van der Waals surface area contributed by atoms with Crippen LogP contribution in [0.3, 0.4) is 0 Å². The summed E-state index contributed by atoms with van der Waals surface area (Å²) in [6, 6.07) is 3.03. The zero-order valence-corrected chi connectivity index (χ0v) is 8.41. The predicted molar refractivity (Wildman–Crippen MR) is 54.3 cm³/mol. The van der Waals surface area contributed by atoms with Gasteiger partial charge >= 0.3 is 0 Å². The van der Waals surface area contributed by atoms with Crippen molar-refractivity contribution in [2.24, 2.45) is 0 Å². The lowest BCUT2D eigenvalue weighted by Crippen LogP contribution is -2.03. The van der Waals surface area contributed by atoms with Gasteiger partial charge in [0.2, 0.25) is 0 Å². The zero-order chi connectivity index (χ0) is 11.7. The van der Waals surface area contributed by atoms with E-state index in [2.05, 4.69) is 15.2 Å². The monoisotopic (exact) mass is 222 g/mol. The summed E-state index contributed by atoms with van der Waals surface area (Å²) in [4.78, 5) is 3.84. The highest BCUT2D eigenvalue weighted by Gasteiger charge is 2.12. The molecule has 0 saturated heterocycles. The van der Waals surface area contributed by atoms with Crippen LogP contribution in [0.1, 0.15) is 5.82 Å². The van der Waals surface area contributed by atoms with Crippen molar-refractivity contribution in [3.8, 4) is 11.3 Å². The molecule has 16 heavy (non-hydrogen) atoms. The molecule has 0 bridgehead atoms. The highest BCUT2D eigenvalue weighted by molar-refractivity contribution is 5.69. The number of hydrogen-bond acceptors (Lipinski definition) is 4. The number of anilines is 1. The van der Waals surface area contributed by atoms with Crippen LogP contribution in [0, 0.1) is 18.6 Å². The number of aryl methyl sites for hydroxylation is 1. The first-order valence-corrected chi connectivity index (χ1v) is 4.50. The molecule has 2 N–H and O–H groups in total. The molecule has 0 fully saturated rings. The van der Waals surface area contributed by atoms with Gasteiger partial charge in [0.25, 0.3) is 0 Å². The van der Waals surface area contributed by atoms with Crippen molar-refractivity contribution >= 4 is 5.82 Å². The fourth-order valence-corrected chi connectivity index (χ4v) is 1.29. The third kappa shape index (κ3) is 1.81. The van der Waals surface area contributed by atoms with Crippen molar-refractivity contribution in [3.63, 3.8) is 0 Å². The minimum absolute atomic E-state index is 0.0250. The number of benzene rings is 1. The first-order chi connectivity index (χ1) is 7.58. The van der Waals surface area contributed by atoms with Gasteiger partial charge in [-0.2, -0.15) is 0 Å². The van der Waals surface area contributed by atoms with Crippen LogP contribution in [-0.4, -0.2) is 15.2 Å². The van der Waals surface area contributed by atoms with E-state index in [0.717, 1.165) is 18.2 Å². The molecular formula is C10H8F2N4. The second-order valence-electron chi connectivity index (χ2n) is 3.22. The Bertz CT molecular complexity index is 542. The van der Waals surface area contributed by atoms with Crippen LogP contribution in [0.15, 0.2) is 18.2 Å². The van der Waals surface area contributed by atoms with E-state index in [1.807, 2.05) is 0 Å². The minimum Gasteiger partial charge on any atom is -0.382 e. The summed E-state index contributed by atoms with van der Waals surface area (Å²) in [6.45, 7) is 1.61. The summed E-state index contributed by atoms with van der Waals surface area (Å²) in [5, 5.41) is 7.36. The molecular weight excluding hydrogens is 214 g/mol. The van der Waals surface area contributed by atoms with E-state index >= 15 is 0 Å². The Hall–Kier alpha value is -2.11. The molecule has 0 amide bonds. The molecule has 2 rings (SSSR count). The van der Waals surface area contributed by atoms with E-state index in [0.29, 0.717) is 5.82 Å². The minimum atomic E-state index is -0.618. The topological polar surface area (TPSA) is 64.7 Å². The van der Waals surface area contributed by atoms with Crippen LogP contribution in [0.4, 0.5) is 14.6 Å². The average Bonchev–Trinajstić information content (AvgIpc) is 2.22. The lowest BCUT2D eigenvalue weighted by atomic mass is 10.1. The normalized spacial score (nSPS) is 10.4. The van der Waals surface area contributed by atoms with Crippen LogP contribution in [0.2, 0.25) is 0 Å². The van der Waals surface area contributed by atoms with Crippen molar-refractivity contribution in [1.82, 2.24) is 15.2 Å². The van der Waals surface area contributed by atoms with E-state index in [9.17, 15) is 8.78 Å². The maximum Gasteiger partial charge on any atom is 0.154 e. The summed E-state index contributed by atoms with van der Waals surface area (Å²) in [7, 11) is 0. The van der Waals surface area contributed by atoms with Gasteiger partial charge in [-0.1, -0.05) is 0 Å². The van der Waals surface area contributed by atoms with Gasteiger partial charge in [0.15, 0.2) is 5.82 Å². The number of nitrogens with two attached hydrogens (primary N) is 1. The lowest BCUT2D eigenvalue weighted by molar-refractivity contribution is 0.602. The Morgan fingerprint density at radius 2 is 1.94 bits per heavy atom. The fourth-order valence-electron chi connectivity index (χ4n) is 1.29. The van der Waals surface area contributed by atoms with Crippen LogP contribution >= 0.6 is 0 Å². The van der Waals surface area contributed by atoms with Crippen molar-refractivity contribution < 1.29 is 8.78 Å². The smallest absolute Gasteiger partial charge is 0.154 e. The number of nitrogens with zero attached hydrogens (tertiary/aromatic N) is 3. The Morgan fingerprint density at radius 3 is 2.62 bits per heavy atom. The summed E-state index contributed by atoms with van der Waals surface area (Å²) < 4.78 is 26.4. The van der Waals surface area contributed by atoms with E-state index in [-0.39, 0.29) is 17.1 Å². The molecule has 1 heterocycles. The zero-order valence-electron chi connectivity index (χ0n) is 8.41. The molecule has 0 unspecified atom stereocenters. The standard InChI is InChI=1S/C10H8F2N4/c1-5-14-10(13)9(16-15-5)7-4-6(11)2-3-8(7)12/h2-4H,1H3,(H2,13,14,15). The van der Waals surface area contributed by atoms with Crippen LogP contribution in [-0.2, 0) is 0 Å². The molecule has 0 aliphatic rings. The second-order valence-corrected chi connectivity index (χ2v) is 3.22. The number of hydrogen-bond donors (Lipinski definition) is 1. The molecule has 2 aromatic rings. The van der Waals surface area contributed by atoms with Gasteiger partial charge in [-0.05, 0) is 25.1 Å². The molecule has 0 spiro atoms. The van der Waals surface area contributed by atoms with Crippen molar-refractivity contribution in [3.05, 3.63) is 35.7 Å². The maximum absolute atomic E-state index is 13.4. The lowest BCUT2D eigenvalue weighted by Gasteiger charge is -2.04. The molecule has 0 aliphatic carbocycles. The molecule has 6 heteroatoms. The highest BCUT2D eigenvalue weighted by atomic mass is 19.1. The number of nitrogen functional groups attached to an aromatic ring is 1. The Balaban J connectivity index is 2.62. The molecule has 1 aromatic carbocycles. The van der Waals surface area contributed by atoms with Crippen molar-refractivity contribution in [2.45, 2.75) is 6.92 Å². The van der Waals surface area contributed by atoms with Gasteiger partial charge in [0.05, 0.1) is 0 Å². The number of halogens is 2. The average molecular weight is 222 g/mol. The third-order valence-electron chi connectivity index (χ3n) is 2.00. The largest absolute Gasteiger partial charge is 0.382 e. The summed E-state index contributed by atoms with van der Waals surface area (Å²) in [5.74, 6) is -0.790. The van der Waals surface area contributed by atoms with E-state index in [1.54, 1.807) is 6.92 Å². The SMILES string of the molecule is Cc1nnc(-c2cc(F)ccc2F)c(N)n1. The van der Waals surface area contributed by atoms with Crippen molar-refractivity contribution in [1.29, 1.82) is 0 Å². The van der Waals surface area contributed by atoms with Crippen LogP contribution in [0.25, 0.3) is 11.3 Å². The third-order valence-corrected chi connectivity index (χ3v) is 2.00. The first-order valence-electron chi connectivity index (χ1n) is 4.50. The summed E-state index contributed by atoms with van der Waals surface area (Å²) in [5.41, 5.74) is 5.57. The first kappa shape index (κ1) is 10.4. The molecule has 0 atom stereocenters. The fraction of sp³-hybridized carbons (Fsp3) is 0.100. The maximum atomic E-state index is 13.4. The Kier molecular flexibility index (Phi) is 2.47. The van der Waals surface area contributed by atoms with E-state index < -0.39 is 11.6 Å². The van der Waals surface area contributed by atoms with E-state index in [4.69, 9.17) is 5.73 Å². The highest BCUT2D eigenvalue weighted by Crippen LogP contribution is 2.24. The Labute approximate surface area is 90.2 Å². The molecule has 0 radical (unpaired) electrons. The molecule has 1 aromatic heterocycles. The molecule has 0 saturated carbocycles.